The van der Waals surface area contributed by atoms with Gasteiger partial charge < -0.3 is 0 Å². The van der Waals surface area contributed by atoms with Crippen molar-refractivity contribution in [2.75, 3.05) is 12.5 Å². The molecule has 0 bridgehead atoms. The number of hydrogen-bond donors (Lipinski definition) is 1. The van der Waals surface area contributed by atoms with Crippen LogP contribution in [-0.2, 0) is 9.93 Å². The fourth-order valence-electron chi connectivity index (χ4n) is 1.05. The molecule has 5 heteroatoms. The molecule has 0 aromatic heterocycles. The number of thiol groups is 1. The summed E-state index contributed by atoms with van der Waals surface area (Å²) < 4.78 is 14.6. The van der Waals surface area contributed by atoms with Crippen LogP contribution >= 0.6 is 47.8 Å². The molecule has 0 heterocycles. The second-order valence-electron chi connectivity index (χ2n) is 3.07. The molecule has 1 aromatic carbocycles. The summed E-state index contributed by atoms with van der Waals surface area (Å²) in [7, 11) is -2.23. The maximum Gasteiger partial charge on any atom is 0.0427 e. The lowest BCUT2D eigenvalue weighted by Gasteiger charge is -2.16. The van der Waals surface area contributed by atoms with Crippen LogP contribution < -0.4 is 0 Å². The van der Waals surface area contributed by atoms with Crippen molar-refractivity contribution in [3.8, 4) is 0 Å². The van der Waals surface area contributed by atoms with E-state index in [1.54, 1.807) is 12.5 Å². The molecule has 1 aromatic rings. The van der Waals surface area contributed by atoms with Crippen LogP contribution in [-0.4, -0.2) is 16.7 Å². The van der Waals surface area contributed by atoms with Gasteiger partial charge in [0.2, 0.25) is 0 Å². The van der Waals surface area contributed by atoms with Crippen LogP contribution in [0, 0.1) is 0 Å². The Bertz CT molecular complexity index is 360. The third kappa shape index (κ3) is 2.88. The standard InChI is InChI=1S/C8H9Br3OS/c1-13(2,12)8-6(10)3-5(9)4-7(8)11/h3-4,13H,1-2H3. The van der Waals surface area contributed by atoms with Crippen LogP contribution in [0.3, 0.4) is 0 Å². The third-order valence-electron chi connectivity index (χ3n) is 1.52. The molecule has 0 atom stereocenters. The first-order valence-corrected chi connectivity index (χ1v) is 8.50. The second kappa shape index (κ2) is 4.13. The van der Waals surface area contributed by atoms with Gasteiger partial charge in [-0.1, -0.05) is 25.9 Å². The topological polar surface area (TPSA) is 17.1 Å². The molecule has 0 aliphatic rings. The van der Waals surface area contributed by atoms with Crippen molar-refractivity contribution in [1.82, 2.24) is 0 Å². The van der Waals surface area contributed by atoms with Crippen LogP contribution in [0.5, 0.6) is 0 Å². The maximum atomic E-state index is 11.9. The lowest BCUT2D eigenvalue weighted by molar-refractivity contribution is 0.677. The third-order valence-corrected chi connectivity index (χ3v) is 5.40. The Morgan fingerprint density at radius 2 is 1.46 bits per heavy atom. The first kappa shape index (κ1) is 11.9. The highest BCUT2D eigenvalue weighted by molar-refractivity contribution is 9.11. The van der Waals surface area contributed by atoms with Crippen molar-refractivity contribution in [2.24, 2.45) is 0 Å². The maximum absolute atomic E-state index is 11.9. The fourth-order valence-corrected chi connectivity index (χ4v) is 7.03. The summed E-state index contributed by atoms with van der Waals surface area (Å²) in [5, 5.41) is 0. The van der Waals surface area contributed by atoms with Gasteiger partial charge in [0.1, 0.15) is 0 Å². The predicted octanol–water partition coefficient (Wildman–Crippen LogP) is 3.61. The van der Waals surface area contributed by atoms with Crippen molar-refractivity contribution in [1.29, 1.82) is 0 Å². The Labute approximate surface area is 104 Å². The minimum Gasteiger partial charge on any atom is -0.281 e. The summed E-state index contributed by atoms with van der Waals surface area (Å²) in [6.07, 6.45) is 3.51. The summed E-state index contributed by atoms with van der Waals surface area (Å²) in [6.45, 7) is 0. The zero-order chi connectivity index (χ0) is 10.2. The Balaban J connectivity index is 3.47. The van der Waals surface area contributed by atoms with Gasteiger partial charge in [0.25, 0.3) is 0 Å². The second-order valence-corrected chi connectivity index (χ2v) is 8.84. The molecular weight excluding hydrogens is 384 g/mol. The molecule has 74 valence electrons. The molecule has 0 N–H and O–H groups in total. The van der Waals surface area contributed by atoms with Crippen molar-refractivity contribution >= 4 is 57.7 Å². The molecule has 0 radical (unpaired) electrons. The molecule has 1 nitrogen and oxygen atoms in total. The number of benzene rings is 1. The van der Waals surface area contributed by atoms with Gasteiger partial charge in [0.15, 0.2) is 0 Å². The molecule has 1 rings (SSSR count). The van der Waals surface area contributed by atoms with E-state index >= 15 is 0 Å². The van der Waals surface area contributed by atoms with Crippen LogP contribution in [0.1, 0.15) is 0 Å². The molecule has 0 unspecified atom stereocenters. The van der Waals surface area contributed by atoms with Crippen LogP contribution in [0.15, 0.2) is 30.4 Å². The zero-order valence-electron chi connectivity index (χ0n) is 7.14. The smallest absolute Gasteiger partial charge is 0.0427 e. The monoisotopic (exact) mass is 390 g/mol. The van der Waals surface area contributed by atoms with E-state index in [-0.39, 0.29) is 0 Å². The van der Waals surface area contributed by atoms with Crippen molar-refractivity contribution in [2.45, 2.75) is 4.90 Å². The molecule has 0 aliphatic carbocycles. The lowest BCUT2D eigenvalue weighted by Crippen LogP contribution is -2.08. The highest BCUT2D eigenvalue weighted by Crippen LogP contribution is 2.34. The predicted molar refractivity (Wildman–Crippen MR) is 69.2 cm³/mol. The van der Waals surface area contributed by atoms with Gasteiger partial charge in [0.05, 0.1) is 0 Å². The largest absolute Gasteiger partial charge is 0.281 e. The normalized spacial score (nSPS) is 13.0. The molecule has 0 saturated heterocycles. The van der Waals surface area contributed by atoms with Crippen LogP contribution in [0.25, 0.3) is 0 Å². The van der Waals surface area contributed by atoms with Crippen LogP contribution in [0.4, 0.5) is 0 Å². The van der Waals surface area contributed by atoms with E-state index in [1.165, 1.54) is 0 Å². The number of hydrogen-bond acceptors (Lipinski definition) is 1. The van der Waals surface area contributed by atoms with E-state index in [0.29, 0.717) is 0 Å². The van der Waals surface area contributed by atoms with E-state index < -0.39 is 9.93 Å². The molecule has 0 spiro atoms. The van der Waals surface area contributed by atoms with Crippen molar-refractivity contribution < 1.29 is 4.21 Å². The minimum absolute atomic E-state index is 0.857. The van der Waals surface area contributed by atoms with Crippen LogP contribution in [0.2, 0.25) is 0 Å². The van der Waals surface area contributed by atoms with E-state index in [4.69, 9.17) is 0 Å². The van der Waals surface area contributed by atoms with Gasteiger partial charge in [-0.3, -0.25) is 4.21 Å². The molecule has 0 fully saturated rings. The molecule has 0 aliphatic heterocycles. The minimum atomic E-state index is -2.23. The zero-order valence-corrected chi connectivity index (χ0v) is 12.8. The Morgan fingerprint density at radius 1 is 1.08 bits per heavy atom. The first-order chi connectivity index (χ1) is 5.82. The lowest BCUT2D eigenvalue weighted by atomic mass is 10.4. The average Bonchev–Trinajstić information content (AvgIpc) is 1.78. The summed E-state index contributed by atoms with van der Waals surface area (Å²) in [5.74, 6) is 0. The Morgan fingerprint density at radius 3 is 1.77 bits per heavy atom. The Kier molecular flexibility index (Phi) is 3.77. The number of halogens is 3. The molecule has 0 amide bonds. The molecular formula is C8H9Br3OS. The van der Waals surface area contributed by atoms with Crippen molar-refractivity contribution in [3.63, 3.8) is 0 Å². The van der Waals surface area contributed by atoms with Gasteiger partial charge in [0, 0.05) is 18.3 Å². The van der Waals surface area contributed by atoms with E-state index in [2.05, 4.69) is 47.8 Å². The summed E-state index contributed by atoms with van der Waals surface area (Å²) in [5.41, 5.74) is 0. The van der Waals surface area contributed by atoms with E-state index in [9.17, 15) is 4.21 Å². The molecule has 13 heavy (non-hydrogen) atoms. The van der Waals surface area contributed by atoms with Crippen molar-refractivity contribution in [3.05, 3.63) is 25.6 Å². The SMILES string of the molecule is C[SH](C)(=O)c1c(Br)cc(Br)cc1Br. The quantitative estimate of drug-likeness (QED) is 0.722. The van der Waals surface area contributed by atoms with Gasteiger partial charge in [-0.05, 0) is 56.5 Å². The molecule has 0 saturated carbocycles. The van der Waals surface area contributed by atoms with Gasteiger partial charge in [-0.2, -0.15) is 0 Å². The first-order valence-electron chi connectivity index (χ1n) is 3.52. The highest BCUT2D eigenvalue weighted by atomic mass is 79.9. The highest BCUT2D eigenvalue weighted by Gasteiger charge is 2.14. The Hall–Kier alpha value is 0.810. The van der Waals surface area contributed by atoms with Gasteiger partial charge in [-0.15, -0.1) is 0 Å². The van der Waals surface area contributed by atoms with E-state index in [1.807, 2.05) is 12.1 Å². The summed E-state index contributed by atoms with van der Waals surface area (Å²) in [6, 6.07) is 3.81. The average molecular weight is 393 g/mol. The van der Waals surface area contributed by atoms with Gasteiger partial charge in [-0.25, -0.2) is 0 Å². The summed E-state index contributed by atoms with van der Waals surface area (Å²) in [4.78, 5) is 0.857. The fraction of sp³-hybridized carbons (Fsp3) is 0.250. The van der Waals surface area contributed by atoms with Gasteiger partial charge >= 0.3 is 0 Å². The number of rotatable bonds is 1. The summed E-state index contributed by atoms with van der Waals surface area (Å²) >= 11 is 10.2. The van der Waals surface area contributed by atoms with E-state index in [0.717, 1.165) is 18.3 Å².